The molecule has 94 valence electrons. The number of benzene rings is 1. The molecule has 1 aromatic carbocycles. The zero-order valence-electron chi connectivity index (χ0n) is 9.85. The highest BCUT2D eigenvalue weighted by atomic mass is 79.9. The van der Waals surface area contributed by atoms with Crippen LogP contribution in [0.15, 0.2) is 34.8 Å². The third kappa shape index (κ3) is 3.33. The minimum atomic E-state index is 0.181. The van der Waals surface area contributed by atoms with Gasteiger partial charge in [0.15, 0.2) is 0 Å². The van der Waals surface area contributed by atoms with E-state index in [0.29, 0.717) is 17.4 Å². The van der Waals surface area contributed by atoms with Crippen molar-refractivity contribution in [1.82, 2.24) is 9.97 Å². The maximum absolute atomic E-state index is 5.62. The van der Waals surface area contributed by atoms with Gasteiger partial charge in [-0.3, -0.25) is 0 Å². The zero-order chi connectivity index (χ0) is 13.0. The number of nitrogens with one attached hydrogen (secondary N) is 1. The van der Waals surface area contributed by atoms with Crippen molar-refractivity contribution in [1.29, 1.82) is 0 Å². The molecule has 0 aliphatic rings. The van der Waals surface area contributed by atoms with Gasteiger partial charge < -0.3 is 15.8 Å². The van der Waals surface area contributed by atoms with Gasteiger partial charge in [0.05, 0.1) is 0 Å². The molecule has 2 aromatic rings. The molecule has 0 atom stereocenters. The first-order chi connectivity index (χ1) is 8.67. The van der Waals surface area contributed by atoms with E-state index in [4.69, 9.17) is 10.5 Å². The van der Waals surface area contributed by atoms with Crippen molar-refractivity contribution in [3.8, 4) is 11.6 Å². The molecule has 0 radical (unpaired) electrons. The van der Waals surface area contributed by atoms with Gasteiger partial charge in [-0.25, -0.2) is 0 Å². The summed E-state index contributed by atoms with van der Waals surface area (Å²) in [4.78, 5) is 8.07. The fraction of sp³-hybridized carbons (Fsp3) is 0.167. The van der Waals surface area contributed by atoms with Crippen molar-refractivity contribution in [2.45, 2.75) is 6.92 Å². The van der Waals surface area contributed by atoms with Crippen LogP contribution in [0, 0.1) is 0 Å². The number of aromatic nitrogens is 2. The first kappa shape index (κ1) is 12.6. The molecule has 0 unspecified atom stereocenters. The van der Waals surface area contributed by atoms with Crippen LogP contribution in [0.5, 0.6) is 11.6 Å². The average molecular weight is 309 g/mol. The maximum atomic E-state index is 5.62. The van der Waals surface area contributed by atoms with Crippen molar-refractivity contribution in [2.24, 2.45) is 0 Å². The van der Waals surface area contributed by atoms with Gasteiger partial charge in [0.2, 0.25) is 11.8 Å². The number of nitrogens with zero attached hydrogens (tertiary/aromatic N) is 2. The topological polar surface area (TPSA) is 73.1 Å². The van der Waals surface area contributed by atoms with E-state index >= 15 is 0 Å². The molecule has 0 saturated carbocycles. The Morgan fingerprint density at radius 3 is 2.67 bits per heavy atom. The number of ether oxygens (including phenoxy) is 1. The predicted octanol–water partition coefficient (Wildman–Crippen LogP) is 3.05. The second-order valence-electron chi connectivity index (χ2n) is 3.54. The fourth-order valence-corrected chi connectivity index (χ4v) is 1.65. The predicted molar refractivity (Wildman–Crippen MR) is 74.8 cm³/mol. The molecule has 0 saturated heterocycles. The Bertz CT molecular complexity index is 530. The Labute approximate surface area is 114 Å². The Balaban J connectivity index is 2.20. The van der Waals surface area contributed by atoms with Gasteiger partial charge in [-0.15, -0.1) is 0 Å². The highest BCUT2D eigenvalue weighted by Gasteiger charge is 2.04. The molecule has 0 bridgehead atoms. The van der Waals surface area contributed by atoms with Gasteiger partial charge in [-0.1, -0.05) is 15.9 Å². The Hall–Kier alpha value is -1.82. The molecule has 0 aliphatic heterocycles. The number of hydrogen-bond donors (Lipinski definition) is 2. The highest BCUT2D eigenvalue weighted by molar-refractivity contribution is 9.10. The van der Waals surface area contributed by atoms with Crippen LogP contribution in [0.2, 0.25) is 0 Å². The van der Waals surface area contributed by atoms with Gasteiger partial charge in [0.1, 0.15) is 11.6 Å². The second-order valence-corrected chi connectivity index (χ2v) is 4.45. The second kappa shape index (κ2) is 5.68. The van der Waals surface area contributed by atoms with Gasteiger partial charge >= 0.3 is 0 Å². The van der Waals surface area contributed by atoms with Crippen LogP contribution in [0.1, 0.15) is 6.92 Å². The largest absolute Gasteiger partial charge is 0.439 e. The lowest BCUT2D eigenvalue weighted by Crippen LogP contribution is -2.04. The minimum Gasteiger partial charge on any atom is -0.439 e. The Morgan fingerprint density at radius 1 is 1.28 bits per heavy atom. The summed E-state index contributed by atoms with van der Waals surface area (Å²) in [6.07, 6.45) is 0. The molecular weight excluding hydrogens is 296 g/mol. The first-order valence-electron chi connectivity index (χ1n) is 5.49. The summed E-state index contributed by atoms with van der Waals surface area (Å²) in [7, 11) is 0. The molecule has 2 rings (SSSR count). The van der Waals surface area contributed by atoms with Crippen molar-refractivity contribution in [3.63, 3.8) is 0 Å². The summed E-state index contributed by atoms with van der Waals surface area (Å²) in [5.41, 5.74) is 5.62. The molecule has 1 heterocycles. The third-order valence-corrected chi connectivity index (χ3v) is 2.64. The van der Waals surface area contributed by atoms with Gasteiger partial charge in [0.25, 0.3) is 0 Å². The number of nitrogen functional groups attached to an aromatic ring is 1. The number of hydrogen-bond acceptors (Lipinski definition) is 5. The van der Waals surface area contributed by atoms with Crippen LogP contribution in [-0.2, 0) is 0 Å². The average Bonchev–Trinajstić information content (AvgIpc) is 2.32. The van der Waals surface area contributed by atoms with E-state index in [2.05, 4.69) is 31.2 Å². The standard InChI is InChI=1S/C12H13BrN4O/c1-2-15-10-7-11(17-12(14)16-10)18-9-5-3-8(13)4-6-9/h3-7H,2H2,1H3,(H3,14,15,16,17). The van der Waals surface area contributed by atoms with Crippen LogP contribution in [0.3, 0.4) is 0 Å². The number of rotatable bonds is 4. The molecule has 0 spiro atoms. The molecule has 6 heteroatoms. The van der Waals surface area contributed by atoms with Crippen LogP contribution in [0.25, 0.3) is 0 Å². The number of halogens is 1. The van der Waals surface area contributed by atoms with E-state index in [9.17, 15) is 0 Å². The van der Waals surface area contributed by atoms with Gasteiger partial charge in [-0.05, 0) is 31.2 Å². The SMILES string of the molecule is CCNc1cc(Oc2ccc(Br)cc2)nc(N)n1. The van der Waals surface area contributed by atoms with Crippen molar-refractivity contribution >= 4 is 27.7 Å². The zero-order valence-corrected chi connectivity index (χ0v) is 11.4. The minimum absolute atomic E-state index is 0.181. The van der Waals surface area contributed by atoms with E-state index in [1.807, 2.05) is 31.2 Å². The number of anilines is 2. The summed E-state index contributed by atoms with van der Waals surface area (Å²) in [5.74, 6) is 1.94. The molecule has 3 N–H and O–H groups in total. The van der Waals surface area contributed by atoms with Gasteiger partial charge in [-0.2, -0.15) is 9.97 Å². The van der Waals surface area contributed by atoms with Crippen LogP contribution < -0.4 is 15.8 Å². The van der Waals surface area contributed by atoms with E-state index in [-0.39, 0.29) is 5.95 Å². The molecule has 18 heavy (non-hydrogen) atoms. The smallest absolute Gasteiger partial charge is 0.226 e. The van der Waals surface area contributed by atoms with E-state index in [0.717, 1.165) is 11.0 Å². The third-order valence-electron chi connectivity index (χ3n) is 2.11. The normalized spacial score (nSPS) is 10.1. The van der Waals surface area contributed by atoms with Crippen molar-refractivity contribution < 1.29 is 4.74 Å². The van der Waals surface area contributed by atoms with E-state index < -0.39 is 0 Å². The lowest BCUT2D eigenvalue weighted by atomic mass is 10.3. The Morgan fingerprint density at radius 2 is 2.00 bits per heavy atom. The monoisotopic (exact) mass is 308 g/mol. The van der Waals surface area contributed by atoms with Crippen LogP contribution in [0.4, 0.5) is 11.8 Å². The van der Waals surface area contributed by atoms with E-state index in [1.165, 1.54) is 0 Å². The quantitative estimate of drug-likeness (QED) is 0.908. The number of nitrogens with two attached hydrogens (primary N) is 1. The van der Waals surface area contributed by atoms with Gasteiger partial charge in [0, 0.05) is 17.1 Å². The summed E-state index contributed by atoms with van der Waals surface area (Å²) < 4.78 is 6.60. The summed E-state index contributed by atoms with van der Waals surface area (Å²) in [6, 6.07) is 9.18. The molecule has 0 fully saturated rings. The first-order valence-corrected chi connectivity index (χ1v) is 6.28. The van der Waals surface area contributed by atoms with Crippen LogP contribution >= 0.6 is 15.9 Å². The Kier molecular flexibility index (Phi) is 3.99. The summed E-state index contributed by atoms with van der Waals surface area (Å²) in [6.45, 7) is 2.74. The van der Waals surface area contributed by atoms with Crippen molar-refractivity contribution in [2.75, 3.05) is 17.6 Å². The molecule has 5 nitrogen and oxygen atoms in total. The molecule has 0 aliphatic carbocycles. The molecular formula is C12H13BrN4O. The molecule has 1 aromatic heterocycles. The summed E-state index contributed by atoms with van der Waals surface area (Å²) >= 11 is 3.36. The summed E-state index contributed by atoms with van der Waals surface area (Å²) in [5, 5.41) is 3.07. The lowest BCUT2D eigenvalue weighted by molar-refractivity contribution is 0.463. The van der Waals surface area contributed by atoms with Crippen LogP contribution in [-0.4, -0.2) is 16.5 Å². The van der Waals surface area contributed by atoms with E-state index in [1.54, 1.807) is 6.07 Å². The highest BCUT2D eigenvalue weighted by Crippen LogP contribution is 2.23. The maximum Gasteiger partial charge on any atom is 0.226 e. The lowest BCUT2D eigenvalue weighted by Gasteiger charge is -2.08. The van der Waals surface area contributed by atoms with Crippen molar-refractivity contribution in [3.05, 3.63) is 34.8 Å². The fourth-order valence-electron chi connectivity index (χ4n) is 1.39. The molecule has 0 amide bonds.